The van der Waals surface area contributed by atoms with E-state index in [0.717, 1.165) is 18.1 Å². The first kappa shape index (κ1) is 14.5. The zero-order chi connectivity index (χ0) is 14.4. The van der Waals surface area contributed by atoms with Crippen LogP contribution in [0.25, 0.3) is 0 Å². The number of nitrogens with one attached hydrogen (secondary N) is 2. The fourth-order valence-corrected chi connectivity index (χ4v) is 2.50. The van der Waals surface area contributed by atoms with Crippen molar-refractivity contribution in [3.8, 4) is 5.75 Å². The summed E-state index contributed by atoms with van der Waals surface area (Å²) in [6, 6.07) is 0. The lowest BCUT2D eigenvalue weighted by Gasteiger charge is -2.15. The Hall–Kier alpha value is -1.89. The molecule has 2 aromatic rings. The van der Waals surface area contributed by atoms with Crippen molar-refractivity contribution >= 4 is 23.0 Å². The smallest absolute Gasteiger partial charge is 0.204 e. The quantitative estimate of drug-likeness (QED) is 0.817. The molecular formula is C13H19N5OS. The van der Waals surface area contributed by atoms with Crippen molar-refractivity contribution in [1.82, 2.24) is 15.0 Å². The molecule has 0 saturated heterocycles. The zero-order valence-electron chi connectivity index (χ0n) is 11.9. The summed E-state index contributed by atoms with van der Waals surface area (Å²) < 4.78 is 5.39. The fourth-order valence-electron chi connectivity index (χ4n) is 1.80. The molecule has 7 heteroatoms. The van der Waals surface area contributed by atoms with Gasteiger partial charge in [-0.3, -0.25) is 0 Å². The van der Waals surface area contributed by atoms with Crippen LogP contribution in [0.2, 0.25) is 0 Å². The maximum atomic E-state index is 5.39. The van der Waals surface area contributed by atoms with Gasteiger partial charge in [-0.1, -0.05) is 6.92 Å². The summed E-state index contributed by atoms with van der Waals surface area (Å²) >= 11 is 1.66. The van der Waals surface area contributed by atoms with Gasteiger partial charge in [0.25, 0.3) is 0 Å². The topological polar surface area (TPSA) is 72.0 Å². The lowest BCUT2D eigenvalue weighted by atomic mass is 10.2. The lowest BCUT2D eigenvalue weighted by molar-refractivity contribution is 0.414. The molecule has 0 fully saturated rings. The van der Waals surface area contributed by atoms with Gasteiger partial charge in [-0.25, -0.2) is 15.0 Å². The first-order chi connectivity index (χ1) is 9.76. The maximum Gasteiger partial charge on any atom is 0.204 e. The molecular weight excluding hydrogens is 274 g/mol. The lowest BCUT2D eigenvalue weighted by Crippen LogP contribution is -2.13. The van der Waals surface area contributed by atoms with Gasteiger partial charge in [0, 0.05) is 30.6 Å². The molecule has 0 amide bonds. The standard InChI is InChI=1S/C13H19N5OS/c1-4-14-11-10(19-3)12(18-8-17-11)16-7-9(2)13-15-5-6-20-13/h5-6,8-9H,4,7H2,1-3H3,(H2,14,16,17,18). The van der Waals surface area contributed by atoms with Crippen LogP contribution in [0.1, 0.15) is 24.8 Å². The van der Waals surface area contributed by atoms with Crippen LogP contribution in [0.3, 0.4) is 0 Å². The molecule has 2 N–H and O–H groups in total. The van der Waals surface area contributed by atoms with Gasteiger partial charge in [0.1, 0.15) is 6.33 Å². The molecule has 0 bridgehead atoms. The summed E-state index contributed by atoms with van der Waals surface area (Å²) in [5, 5.41) is 9.55. The van der Waals surface area contributed by atoms with E-state index in [1.54, 1.807) is 18.4 Å². The van der Waals surface area contributed by atoms with Gasteiger partial charge in [0.2, 0.25) is 5.75 Å². The van der Waals surface area contributed by atoms with Crippen LogP contribution in [0.4, 0.5) is 11.6 Å². The molecule has 0 saturated carbocycles. The van der Waals surface area contributed by atoms with Gasteiger partial charge in [0.15, 0.2) is 11.6 Å². The van der Waals surface area contributed by atoms with E-state index in [1.807, 2.05) is 18.5 Å². The average molecular weight is 293 g/mol. The number of aromatic nitrogens is 3. The van der Waals surface area contributed by atoms with Gasteiger partial charge in [-0.05, 0) is 6.92 Å². The molecule has 0 aliphatic heterocycles. The summed E-state index contributed by atoms with van der Waals surface area (Å²) in [5.41, 5.74) is 0. The second-order valence-corrected chi connectivity index (χ2v) is 5.21. The minimum Gasteiger partial charge on any atom is -0.490 e. The van der Waals surface area contributed by atoms with Crippen LogP contribution in [0.5, 0.6) is 5.75 Å². The Kier molecular flexibility index (Phi) is 5.11. The first-order valence-electron chi connectivity index (χ1n) is 6.52. The third kappa shape index (κ3) is 3.36. The van der Waals surface area contributed by atoms with E-state index in [4.69, 9.17) is 4.74 Å². The van der Waals surface area contributed by atoms with Crippen molar-refractivity contribution in [2.75, 3.05) is 30.8 Å². The third-order valence-corrected chi connectivity index (χ3v) is 3.81. The normalized spacial score (nSPS) is 11.9. The Bertz CT molecular complexity index is 532. The summed E-state index contributed by atoms with van der Waals surface area (Å²) in [6.07, 6.45) is 3.35. The van der Waals surface area contributed by atoms with E-state index >= 15 is 0 Å². The highest BCUT2D eigenvalue weighted by atomic mass is 32.1. The van der Waals surface area contributed by atoms with Gasteiger partial charge < -0.3 is 15.4 Å². The Morgan fingerprint density at radius 2 is 2.00 bits per heavy atom. The number of hydrogen-bond acceptors (Lipinski definition) is 7. The summed E-state index contributed by atoms with van der Waals surface area (Å²) in [6.45, 7) is 5.67. The van der Waals surface area contributed by atoms with Crippen LogP contribution >= 0.6 is 11.3 Å². The van der Waals surface area contributed by atoms with Crippen LogP contribution in [-0.4, -0.2) is 35.2 Å². The number of methoxy groups -OCH3 is 1. The van der Waals surface area contributed by atoms with Crippen molar-refractivity contribution in [2.24, 2.45) is 0 Å². The average Bonchev–Trinajstić information content (AvgIpc) is 2.99. The summed E-state index contributed by atoms with van der Waals surface area (Å²) in [5.74, 6) is 2.36. The minimum absolute atomic E-state index is 0.317. The largest absolute Gasteiger partial charge is 0.490 e. The van der Waals surface area contributed by atoms with Crippen LogP contribution in [0.15, 0.2) is 17.9 Å². The molecule has 2 rings (SSSR count). The highest BCUT2D eigenvalue weighted by Crippen LogP contribution is 2.29. The monoisotopic (exact) mass is 293 g/mol. The second-order valence-electron chi connectivity index (χ2n) is 4.29. The van der Waals surface area contributed by atoms with Gasteiger partial charge in [0.05, 0.1) is 12.1 Å². The molecule has 0 spiro atoms. The highest BCUT2D eigenvalue weighted by Gasteiger charge is 2.13. The Morgan fingerprint density at radius 3 is 2.60 bits per heavy atom. The molecule has 6 nitrogen and oxygen atoms in total. The number of rotatable bonds is 7. The maximum absolute atomic E-state index is 5.39. The number of thiazole rings is 1. The minimum atomic E-state index is 0.317. The van der Waals surface area contributed by atoms with Crippen molar-refractivity contribution in [3.63, 3.8) is 0 Å². The molecule has 1 atom stereocenters. The molecule has 1 unspecified atom stereocenters. The molecule has 0 aromatic carbocycles. The van der Waals surface area contributed by atoms with Crippen molar-refractivity contribution in [1.29, 1.82) is 0 Å². The summed E-state index contributed by atoms with van der Waals surface area (Å²) in [7, 11) is 1.62. The van der Waals surface area contributed by atoms with E-state index < -0.39 is 0 Å². The predicted octanol–water partition coefficient (Wildman–Crippen LogP) is 2.59. The molecule has 0 radical (unpaired) electrons. The van der Waals surface area contributed by atoms with E-state index in [-0.39, 0.29) is 0 Å². The van der Waals surface area contributed by atoms with Gasteiger partial charge in [-0.15, -0.1) is 11.3 Å². The van der Waals surface area contributed by atoms with Crippen molar-refractivity contribution in [2.45, 2.75) is 19.8 Å². The fraction of sp³-hybridized carbons (Fsp3) is 0.462. The van der Waals surface area contributed by atoms with Crippen molar-refractivity contribution in [3.05, 3.63) is 22.9 Å². The zero-order valence-corrected chi connectivity index (χ0v) is 12.7. The summed E-state index contributed by atoms with van der Waals surface area (Å²) in [4.78, 5) is 12.7. The Labute approximate surface area is 122 Å². The molecule has 0 aliphatic rings. The number of ether oxygens (including phenoxy) is 1. The first-order valence-corrected chi connectivity index (χ1v) is 7.40. The van der Waals surface area contributed by atoms with Crippen molar-refractivity contribution < 1.29 is 4.74 Å². The third-order valence-electron chi connectivity index (χ3n) is 2.80. The Morgan fingerprint density at radius 1 is 1.25 bits per heavy atom. The number of hydrogen-bond donors (Lipinski definition) is 2. The highest BCUT2D eigenvalue weighted by molar-refractivity contribution is 7.09. The van der Waals surface area contributed by atoms with Gasteiger partial charge in [-0.2, -0.15) is 0 Å². The van der Waals surface area contributed by atoms with E-state index in [9.17, 15) is 0 Å². The second kappa shape index (κ2) is 7.04. The van der Waals surface area contributed by atoms with E-state index in [1.165, 1.54) is 6.33 Å². The van der Waals surface area contributed by atoms with Crippen LogP contribution < -0.4 is 15.4 Å². The number of nitrogens with zero attached hydrogens (tertiary/aromatic N) is 3. The molecule has 20 heavy (non-hydrogen) atoms. The predicted molar refractivity (Wildman–Crippen MR) is 81.8 cm³/mol. The van der Waals surface area contributed by atoms with E-state index in [2.05, 4.69) is 32.5 Å². The molecule has 2 aromatic heterocycles. The van der Waals surface area contributed by atoms with Gasteiger partial charge >= 0.3 is 0 Å². The molecule has 2 heterocycles. The number of anilines is 2. The molecule has 108 valence electrons. The van der Waals surface area contributed by atoms with Crippen LogP contribution in [-0.2, 0) is 0 Å². The SMILES string of the molecule is CCNc1ncnc(NCC(C)c2nccs2)c1OC. The molecule has 0 aliphatic carbocycles. The van der Waals surface area contributed by atoms with Crippen LogP contribution in [0, 0.1) is 0 Å². The Balaban J connectivity index is 2.07. The van der Waals surface area contributed by atoms with E-state index in [0.29, 0.717) is 23.3 Å².